The Hall–Kier alpha value is -3.05. The second-order valence-corrected chi connectivity index (χ2v) is 6.85. The second-order valence-electron chi connectivity index (χ2n) is 5.33. The fraction of sp³-hybridized carbons (Fsp3) is 0.0625. The molecule has 1 aliphatic rings. The molecule has 140 valence electrons. The highest BCUT2D eigenvalue weighted by Gasteiger charge is 2.52. The molecule has 0 N–H and O–H groups in total. The van der Waals surface area contributed by atoms with Gasteiger partial charge < -0.3 is 0 Å². The van der Waals surface area contributed by atoms with Crippen molar-refractivity contribution in [1.82, 2.24) is 5.06 Å². The van der Waals surface area contributed by atoms with E-state index in [1.54, 1.807) is 18.2 Å². The number of carbonyl (C=O) groups excluding carboxylic acids is 3. The Balaban J connectivity index is 1.95. The third-order valence-electron chi connectivity index (χ3n) is 3.60. The summed E-state index contributed by atoms with van der Waals surface area (Å²) >= 11 is 0. The van der Waals surface area contributed by atoms with Crippen LogP contribution in [-0.2, 0) is 14.4 Å². The van der Waals surface area contributed by atoms with Gasteiger partial charge in [-0.05, 0) is 12.1 Å². The van der Waals surface area contributed by atoms with Gasteiger partial charge in [-0.25, -0.2) is 0 Å². The summed E-state index contributed by atoms with van der Waals surface area (Å²) in [5, 5.41) is -0.496. The number of rotatable bonds is 4. The van der Waals surface area contributed by atoms with Crippen LogP contribution in [0.2, 0.25) is 0 Å². The second kappa shape index (κ2) is 6.28. The van der Waals surface area contributed by atoms with Crippen molar-refractivity contribution >= 4 is 27.7 Å². The molecule has 2 aromatic carbocycles. The number of imide groups is 1. The molecule has 0 fully saturated rings. The number of hydroxylamine groups is 2. The molecule has 0 saturated heterocycles. The Morgan fingerprint density at radius 3 is 2.07 bits per heavy atom. The average molecular weight is 399 g/mol. The van der Waals surface area contributed by atoms with Gasteiger partial charge in [-0.3, -0.25) is 14.4 Å². The van der Waals surface area contributed by atoms with Crippen LogP contribution in [-0.4, -0.2) is 36.6 Å². The average Bonchev–Trinajstić information content (AvgIpc) is 2.85. The molecule has 0 bridgehead atoms. The van der Waals surface area contributed by atoms with Crippen LogP contribution in [0.15, 0.2) is 48.5 Å². The van der Waals surface area contributed by atoms with E-state index in [0.29, 0.717) is 0 Å². The smallest absolute Gasteiger partial charge is 0.289 e. The van der Waals surface area contributed by atoms with Gasteiger partial charge in [0.1, 0.15) is 0 Å². The van der Waals surface area contributed by atoms with E-state index in [2.05, 4.69) is 4.28 Å². The molecule has 0 atom stereocenters. The lowest BCUT2D eigenvalue weighted by molar-refractivity contribution is -0.0748. The van der Waals surface area contributed by atoms with Gasteiger partial charge >= 0.3 is 15.6 Å². The van der Waals surface area contributed by atoms with Crippen molar-refractivity contribution < 1.29 is 40.3 Å². The quantitative estimate of drug-likeness (QED) is 0.445. The maximum Gasteiger partial charge on any atom is 0.525 e. The molecule has 11 heteroatoms. The Kier molecular flexibility index (Phi) is 4.36. The predicted octanol–water partition coefficient (Wildman–Crippen LogP) is 2.29. The zero-order valence-electron chi connectivity index (χ0n) is 13.1. The highest BCUT2D eigenvalue weighted by Crippen LogP contribution is 2.30. The number of fused-ring (bicyclic) bond motifs is 1. The number of hydrogen-bond donors (Lipinski definition) is 0. The molecule has 0 unspecified atom stereocenters. The first-order valence-corrected chi connectivity index (χ1v) is 8.57. The third-order valence-corrected chi connectivity index (χ3v) is 4.52. The highest BCUT2D eigenvalue weighted by atomic mass is 32.2. The highest BCUT2D eigenvalue weighted by molar-refractivity contribution is 7.87. The summed E-state index contributed by atoms with van der Waals surface area (Å²) in [5.41, 5.74) is -6.39. The monoisotopic (exact) mass is 399 g/mol. The van der Waals surface area contributed by atoms with Crippen LogP contribution in [0.25, 0.3) is 0 Å². The first-order valence-electron chi connectivity index (χ1n) is 7.16. The molecule has 0 aromatic heterocycles. The Bertz CT molecular complexity index is 1060. The van der Waals surface area contributed by atoms with Crippen LogP contribution < -0.4 is 0 Å². The topological polar surface area (TPSA) is 97.8 Å². The number of ketones is 1. The number of halogens is 3. The lowest BCUT2D eigenvalue weighted by Crippen LogP contribution is -2.37. The fourth-order valence-corrected chi connectivity index (χ4v) is 2.74. The molecule has 0 saturated carbocycles. The van der Waals surface area contributed by atoms with Gasteiger partial charge in [-0.2, -0.15) is 21.6 Å². The summed E-state index contributed by atoms with van der Waals surface area (Å²) in [6, 6.07) is 11.1. The summed E-state index contributed by atoms with van der Waals surface area (Å²) < 4.78 is 63.0. The maximum absolute atomic E-state index is 12.4. The van der Waals surface area contributed by atoms with E-state index in [9.17, 15) is 36.0 Å². The van der Waals surface area contributed by atoms with Crippen molar-refractivity contribution in [2.24, 2.45) is 0 Å². The van der Waals surface area contributed by atoms with Crippen LogP contribution in [0.1, 0.15) is 36.6 Å². The van der Waals surface area contributed by atoms with Gasteiger partial charge in [-0.15, -0.1) is 9.35 Å². The number of alkyl halides is 3. The van der Waals surface area contributed by atoms with Crippen LogP contribution in [0.4, 0.5) is 13.2 Å². The van der Waals surface area contributed by atoms with Crippen molar-refractivity contribution in [2.45, 2.75) is 5.51 Å². The summed E-state index contributed by atoms with van der Waals surface area (Å²) in [6.07, 6.45) is 0. The molecular formula is C16H8F3NO6S. The molecule has 1 aliphatic heterocycles. The van der Waals surface area contributed by atoms with Crippen LogP contribution in [0, 0.1) is 0 Å². The van der Waals surface area contributed by atoms with E-state index < -0.39 is 43.9 Å². The van der Waals surface area contributed by atoms with Gasteiger partial charge in [0.15, 0.2) is 5.78 Å². The molecule has 0 spiro atoms. The van der Waals surface area contributed by atoms with E-state index in [1.807, 2.05) is 0 Å². The summed E-state index contributed by atoms with van der Waals surface area (Å²) in [7, 11) is -6.22. The predicted molar refractivity (Wildman–Crippen MR) is 82.9 cm³/mol. The minimum absolute atomic E-state index is 0.0124. The number of nitrogens with zero attached hydrogens (tertiary/aromatic N) is 1. The summed E-state index contributed by atoms with van der Waals surface area (Å²) in [4.78, 5) is 36.6. The minimum atomic E-state index is -6.22. The van der Waals surface area contributed by atoms with Crippen LogP contribution in [0.3, 0.4) is 0 Å². The first kappa shape index (κ1) is 18.7. The zero-order chi connectivity index (χ0) is 20.0. The molecular weight excluding hydrogens is 391 g/mol. The summed E-state index contributed by atoms with van der Waals surface area (Å²) in [6.45, 7) is 0. The van der Waals surface area contributed by atoms with Gasteiger partial charge in [0.05, 0.1) is 11.1 Å². The largest absolute Gasteiger partial charge is 0.525 e. The van der Waals surface area contributed by atoms with Crippen LogP contribution >= 0.6 is 0 Å². The van der Waals surface area contributed by atoms with Gasteiger partial charge in [0.2, 0.25) is 0 Å². The Labute approximate surface area is 150 Å². The molecule has 7 nitrogen and oxygen atoms in total. The first-order chi connectivity index (χ1) is 12.5. The van der Waals surface area contributed by atoms with Crippen molar-refractivity contribution in [3.8, 4) is 0 Å². The van der Waals surface area contributed by atoms with Crippen molar-refractivity contribution in [2.75, 3.05) is 0 Å². The van der Waals surface area contributed by atoms with Gasteiger partial charge in [0.25, 0.3) is 11.8 Å². The van der Waals surface area contributed by atoms with Crippen molar-refractivity contribution in [1.29, 1.82) is 0 Å². The van der Waals surface area contributed by atoms with E-state index in [1.165, 1.54) is 18.2 Å². The van der Waals surface area contributed by atoms with Gasteiger partial charge in [0, 0.05) is 11.1 Å². The third kappa shape index (κ3) is 3.22. The molecule has 2 amide bonds. The van der Waals surface area contributed by atoms with Crippen LogP contribution in [0.5, 0.6) is 0 Å². The maximum atomic E-state index is 12.4. The molecule has 1 heterocycles. The normalized spacial score (nSPS) is 14.4. The molecule has 0 aliphatic carbocycles. The summed E-state index contributed by atoms with van der Waals surface area (Å²) in [5.74, 6) is -3.31. The van der Waals surface area contributed by atoms with E-state index >= 15 is 0 Å². The fourth-order valence-electron chi connectivity index (χ4n) is 2.32. The molecule has 3 rings (SSSR count). The lowest BCUT2D eigenvalue weighted by Gasteiger charge is -2.14. The minimum Gasteiger partial charge on any atom is -0.289 e. The number of benzene rings is 2. The Morgan fingerprint density at radius 2 is 1.48 bits per heavy atom. The van der Waals surface area contributed by atoms with E-state index in [-0.39, 0.29) is 16.7 Å². The van der Waals surface area contributed by atoms with Crippen molar-refractivity contribution in [3.05, 3.63) is 70.8 Å². The molecule has 0 radical (unpaired) electrons. The standard InChI is InChI=1S/C16H8F3NO6S/c17-16(18,19)27(24,25)26-20-14(22)11-7-6-10(8-12(11)15(20)23)13(21)9-4-2-1-3-5-9/h1-8H. The number of hydrogen-bond acceptors (Lipinski definition) is 6. The van der Waals surface area contributed by atoms with Crippen molar-refractivity contribution in [3.63, 3.8) is 0 Å². The lowest BCUT2D eigenvalue weighted by atomic mass is 9.99. The SMILES string of the molecule is O=C(c1ccccc1)c1ccc2c(c1)C(=O)N(OS(=O)(=O)C(F)(F)F)C2=O. The Morgan fingerprint density at radius 1 is 0.889 bits per heavy atom. The zero-order valence-corrected chi connectivity index (χ0v) is 13.9. The molecule has 27 heavy (non-hydrogen) atoms. The number of amides is 2. The van der Waals surface area contributed by atoms with E-state index in [0.717, 1.165) is 12.1 Å². The van der Waals surface area contributed by atoms with E-state index in [4.69, 9.17) is 0 Å². The number of carbonyl (C=O) groups is 3. The molecule has 2 aromatic rings. The van der Waals surface area contributed by atoms with Gasteiger partial charge in [-0.1, -0.05) is 36.4 Å².